The molecule has 6 rings (SSSR count). The first-order chi connectivity index (χ1) is 17.1. The highest BCUT2D eigenvalue weighted by Gasteiger charge is 2.24. The van der Waals surface area contributed by atoms with Gasteiger partial charge in [0.15, 0.2) is 16.7 Å². The maximum atomic E-state index is 12.8. The molecule has 0 bridgehead atoms. The van der Waals surface area contributed by atoms with Crippen LogP contribution in [0.5, 0.6) is 0 Å². The molecule has 2 aromatic carbocycles. The standard InChI is InChI=1S/C25H24N6O3S/c1-29-21-20(22(32)28-24(29)33)31(12-6-14-35-25-26-18-9-4-5-10-19(18)34-25)23(27-21)30-13-11-16-7-2-3-8-17(16)15-30/h2-5,7-10H,6,11-15H2,1H3,(H,28,32,33). The predicted molar refractivity (Wildman–Crippen MR) is 136 cm³/mol. The Balaban J connectivity index is 1.29. The number of benzene rings is 2. The first-order valence-electron chi connectivity index (χ1n) is 11.6. The number of aromatic nitrogens is 5. The molecule has 4 heterocycles. The minimum absolute atomic E-state index is 0.402. The van der Waals surface area contributed by atoms with Gasteiger partial charge in [-0.25, -0.2) is 9.78 Å². The summed E-state index contributed by atoms with van der Waals surface area (Å²) in [5.41, 5.74) is 4.16. The Morgan fingerprint density at radius 1 is 1.06 bits per heavy atom. The normalized spacial score (nSPS) is 13.6. The Kier molecular flexibility index (Phi) is 5.44. The number of fused-ring (bicyclic) bond motifs is 3. The number of nitrogens with zero attached hydrogens (tertiary/aromatic N) is 5. The Hall–Kier alpha value is -3.79. The van der Waals surface area contributed by atoms with E-state index in [0.29, 0.717) is 35.4 Å². The van der Waals surface area contributed by atoms with Gasteiger partial charge >= 0.3 is 5.69 Å². The fraction of sp³-hybridized carbons (Fsp3) is 0.280. The van der Waals surface area contributed by atoms with Crippen LogP contribution in [-0.2, 0) is 26.6 Å². The Labute approximate surface area is 204 Å². The highest BCUT2D eigenvalue weighted by atomic mass is 32.2. The molecule has 1 aliphatic heterocycles. The molecular weight excluding hydrogens is 464 g/mol. The molecule has 0 saturated carbocycles. The molecule has 0 aliphatic carbocycles. The zero-order chi connectivity index (χ0) is 23.9. The number of anilines is 1. The van der Waals surface area contributed by atoms with Crippen molar-refractivity contribution in [1.82, 2.24) is 24.1 Å². The molecule has 9 nitrogen and oxygen atoms in total. The highest BCUT2D eigenvalue weighted by Crippen LogP contribution is 2.28. The van der Waals surface area contributed by atoms with Gasteiger partial charge < -0.3 is 13.9 Å². The second-order valence-corrected chi connectivity index (χ2v) is 9.69. The lowest BCUT2D eigenvalue weighted by molar-refractivity contribution is 0.489. The molecule has 0 fully saturated rings. The van der Waals surface area contributed by atoms with Gasteiger partial charge in [-0.3, -0.25) is 14.3 Å². The third-order valence-corrected chi connectivity index (χ3v) is 7.34. The average molecular weight is 489 g/mol. The SMILES string of the molecule is Cn1c(=O)[nH]c(=O)c2c1nc(N1CCc3ccccc3C1)n2CCCSc1nc2ccccc2o1. The van der Waals surface area contributed by atoms with Crippen LogP contribution in [0, 0.1) is 0 Å². The lowest BCUT2D eigenvalue weighted by Gasteiger charge is -2.30. The van der Waals surface area contributed by atoms with Crippen LogP contribution in [0.3, 0.4) is 0 Å². The lowest BCUT2D eigenvalue weighted by Crippen LogP contribution is -2.33. The van der Waals surface area contributed by atoms with Crippen molar-refractivity contribution in [2.75, 3.05) is 17.2 Å². The zero-order valence-corrected chi connectivity index (χ0v) is 20.0. The van der Waals surface area contributed by atoms with Crippen LogP contribution in [0.25, 0.3) is 22.3 Å². The fourth-order valence-electron chi connectivity index (χ4n) is 4.64. The van der Waals surface area contributed by atoms with Gasteiger partial charge in [0.25, 0.3) is 10.8 Å². The number of nitrogens with one attached hydrogen (secondary N) is 1. The summed E-state index contributed by atoms with van der Waals surface area (Å²) >= 11 is 1.55. The molecule has 0 atom stereocenters. The quantitative estimate of drug-likeness (QED) is 0.289. The van der Waals surface area contributed by atoms with Crippen LogP contribution in [0.15, 0.2) is 67.8 Å². The van der Waals surface area contributed by atoms with Gasteiger partial charge in [0.05, 0.1) is 0 Å². The highest BCUT2D eigenvalue weighted by molar-refractivity contribution is 7.99. The monoisotopic (exact) mass is 488 g/mol. The summed E-state index contributed by atoms with van der Waals surface area (Å²) in [6.45, 7) is 2.09. The number of thioether (sulfide) groups is 1. The van der Waals surface area contributed by atoms with Crippen LogP contribution in [0.1, 0.15) is 17.5 Å². The molecular formula is C25H24N6O3S. The summed E-state index contributed by atoms with van der Waals surface area (Å²) in [7, 11) is 1.64. The summed E-state index contributed by atoms with van der Waals surface area (Å²) < 4.78 is 9.16. The Morgan fingerprint density at radius 3 is 2.71 bits per heavy atom. The first-order valence-corrected chi connectivity index (χ1v) is 12.6. The molecule has 0 saturated heterocycles. The van der Waals surface area contributed by atoms with E-state index in [-0.39, 0.29) is 0 Å². The van der Waals surface area contributed by atoms with Crippen molar-refractivity contribution >= 4 is 40.0 Å². The summed E-state index contributed by atoms with van der Waals surface area (Å²) in [6, 6.07) is 16.1. The first kappa shape index (κ1) is 21.7. The number of rotatable bonds is 6. The molecule has 35 heavy (non-hydrogen) atoms. The van der Waals surface area contributed by atoms with Gasteiger partial charge in [0.1, 0.15) is 5.52 Å². The van der Waals surface area contributed by atoms with E-state index in [1.807, 2.05) is 34.9 Å². The van der Waals surface area contributed by atoms with Crippen molar-refractivity contribution in [1.29, 1.82) is 0 Å². The van der Waals surface area contributed by atoms with Crippen molar-refractivity contribution in [2.24, 2.45) is 7.05 Å². The minimum Gasteiger partial charge on any atom is -0.431 e. The molecule has 5 aromatic rings. The average Bonchev–Trinajstić information content (AvgIpc) is 3.47. The number of H-pyrrole nitrogens is 1. The number of hydrogen-bond donors (Lipinski definition) is 1. The van der Waals surface area contributed by atoms with E-state index in [9.17, 15) is 9.59 Å². The second-order valence-electron chi connectivity index (χ2n) is 8.64. The maximum absolute atomic E-state index is 12.8. The Morgan fingerprint density at radius 2 is 1.86 bits per heavy atom. The number of aryl methyl sites for hydroxylation is 2. The number of imidazole rings is 1. The van der Waals surface area contributed by atoms with E-state index in [1.54, 1.807) is 18.8 Å². The number of para-hydroxylation sites is 2. The van der Waals surface area contributed by atoms with Gasteiger partial charge in [-0.05, 0) is 36.1 Å². The fourth-order valence-corrected chi connectivity index (χ4v) is 5.40. The van der Waals surface area contributed by atoms with Crippen molar-refractivity contribution in [2.45, 2.75) is 31.2 Å². The molecule has 1 aliphatic rings. The van der Waals surface area contributed by atoms with E-state index in [1.165, 1.54) is 15.7 Å². The number of hydrogen-bond acceptors (Lipinski definition) is 7. The van der Waals surface area contributed by atoms with Gasteiger partial charge in [0, 0.05) is 32.4 Å². The maximum Gasteiger partial charge on any atom is 0.329 e. The van der Waals surface area contributed by atoms with E-state index in [2.05, 4.69) is 33.1 Å². The molecule has 0 unspecified atom stereocenters. The molecule has 0 amide bonds. The van der Waals surface area contributed by atoms with Crippen LogP contribution in [0.2, 0.25) is 0 Å². The van der Waals surface area contributed by atoms with Crippen molar-refractivity contribution in [3.63, 3.8) is 0 Å². The van der Waals surface area contributed by atoms with Gasteiger partial charge in [-0.2, -0.15) is 4.98 Å². The van der Waals surface area contributed by atoms with Gasteiger partial charge in [-0.15, -0.1) is 0 Å². The van der Waals surface area contributed by atoms with E-state index in [4.69, 9.17) is 9.40 Å². The van der Waals surface area contributed by atoms with Gasteiger partial charge in [0.2, 0.25) is 5.95 Å². The number of aromatic amines is 1. The Bertz CT molecular complexity index is 1630. The van der Waals surface area contributed by atoms with Crippen molar-refractivity contribution < 1.29 is 4.42 Å². The summed E-state index contributed by atoms with van der Waals surface area (Å²) in [6.07, 6.45) is 1.68. The van der Waals surface area contributed by atoms with Crippen LogP contribution in [-0.4, -0.2) is 36.4 Å². The zero-order valence-electron chi connectivity index (χ0n) is 19.2. The molecule has 3 aromatic heterocycles. The molecule has 1 N–H and O–H groups in total. The molecule has 10 heteroatoms. The minimum atomic E-state index is -0.464. The topological polar surface area (TPSA) is 102 Å². The third kappa shape index (κ3) is 3.93. The van der Waals surface area contributed by atoms with Gasteiger partial charge in [-0.1, -0.05) is 48.2 Å². The predicted octanol–water partition coefficient (Wildman–Crippen LogP) is 3.31. The van der Waals surface area contributed by atoms with Crippen LogP contribution >= 0.6 is 11.8 Å². The molecule has 178 valence electrons. The van der Waals surface area contributed by atoms with Crippen LogP contribution < -0.4 is 16.1 Å². The molecule has 0 radical (unpaired) electrons. The largest absolute Gasteiger partial charge is 0.431 e. The lowest BCUT2D eigenvalue weighted by atomic mass is 10.0. The summed E-state index contributed by atoms with van der Waals surface area (Å²) in [5, 5.41) is 0.634. The van der Waals surface area contributed by atoms with E-state index < -0.39 is 11.2 Å². The van der Waals surface area contributed by atoms with E-state index in [0.717, 1.165) is 36.2 Å². The smallest absolute Gasteiger partial charge is 0.329 e. The second kappa shape index (κ2) is 8.77. The third-order valence-electron chi connectivity index (χ3n) is 6.43. The number of oxazole rings is 1. The summed E-state index contributed by atoms with van der Waals surface area (Å²) in [5.74, 6) is 1.48. The van der Waals surface area contributed by atoms with Crippen molar-refractivity contribution in [3.05, 3.63) is 80.5 Å². The van der Waals surface area contributed by atoms with Crippen molar-refractivity contribution in [3.8, 4) is 0 Å². The van der Waals surface area contributed by atoms with E-state index >= 15 is 0 Å². The summed E-state index contributed by atoms with van der Waals surface area (Å²) in [4.78, 5) is 39.0. The van der Waals surface area contributed by atoms with Crippen LogP contribution in [0.4, 0.5) is 5.95 Å². The molecule has 0 spiro atoms.